The van der Waals surface area contributed by atoms with E-state index in [2.05, 4.69) is 19.0 Å². The van der Waals surface area contributed by atoms with Crippen molar-refractivity contribution < 1.29 is 0 Å². The second kappa shape index (κ2) is 5.62. The SMILES string of the molecule is CN(C)CCCN(N)c1ccccc1. The summed E-state index contributed by atoms with van der Waals surface area (Å²) >= 11 is 0. The fourth-order valence-electron chi connectivity index (χ4n) is 1.31. The zero-order valence-electron chi connectivity index (χ0n) is 8.98. The van der Waals surface area contributed by atoms with Crippen molar-refractivity contribution in [3.05, 3.63) is 30.3 Å². The maximum atomic E-state index is 5.90. The van der Waals surface area contributed by atoms with Gasteiger partial charge in [0.15, 0.2) is 0 Å². The molecule has 0 heterocycles. The molecule has 0 aliphatic heterocycles. The Labute approximate surface area is 86.1 Å². The van der Waals surface area contributed by atoms with Gasteiger partial charge in [-0.15, -0.1) is 0 Å². The zero-order chi connectivity index (χ0) is 10.4. The zero-order valence-corrected chi connectivity index (χ0v) is 8.98. The topological polar surface area (TPSA) is 32.5 Å². The first-order chi connectivity index (χ1) is 6.70. The molecule has 0 aliphatic rings. The third-order valence-electron chi connectivity index (χ3n) is 2.09. The van der Waals surface area contributed by atoms with E-state index >= 15 is 0 Å². The molecule has 1 rings (SSSR count). The van der Waals surface area contributed by atoms with Gasteiger partial charge in [-0.3, -0.25) is 0 Å². The van der Waals surface area contributed by atoms with Gasteiger partial charge in [-0.2, -0.15) is 0 Å². The molecule has 0 aliphatic carbocycles. The molecule has 78 valence electrons. The molecular weight excluding hydrogens is 174 g/mol. The van der Waals surface area contributed by atoms with Crippen LogP contribution in [0.25, 0.3) is 0 Å². The number of para-hydroxylation sites is 1. The summed E-state index contributed by atoms with van der Waals surface area (Å²) in [4.78, 5) is 2.17. The van der Waals surface area contributed by atoms with E-state index < -0.39 is 0 Å². The number of hydrazine groups is 1. The summed E-state index contributed by atoms with van der Waals surface area (Å²) in [6.45, 7) is 1.96. The van der Waals surface area contributed by atoms with E-state index in [1.54, 1.807) is 5.01 Å². The van der Waals surface area contributed by atoms with Crippen LogP contribution in [0.3, 0.4) is 0 Å². The maximum absolute atomic E-state index is 5.90. The normalized spacial score (nSPS) is 10.6. The number of hydrogen-bond acceptors (Lipinski definition) is 3. The molecular formula is C11H19N3. The van der Waals surface area contributed by atoms with Crippen LogP contribution in [0.15, 0.2) is 30.3 Å². The Hall–Kier alpha value is -1.06. The van der Waals surface area contributed by atoms with E-state index in [9.17, 15) is 0 Å². The number of hydrogen-bond donors (Lipinski definition) is 1. The third kappa shape index (κ3) is 3.77. The fourth-order valence-corrected chi connectivity index (χ4v) is 1.31. The summed E-state index contributed by atoms with van der Waals surface area (Å²) in [5.74, 6) is 5.90. The highest BCUT2D eigenvalue weighted by atomic mass is 15.4. The van der Waals surface area contributed by atoms with Crippen LogP contribution in [0.1, 0.15) is 6.42 Å². The van der Waals surface area contributed by atoms with Crippen molar-refractivity contribution in [2.75, 3.05) is 32.2 Å². The molecule has 1 aromatic carbocycles. The van der Waals surface area contributed by atoms with Gasteiger partial charge in [-0.1, -0.05) is 18.2 Å². The summed E-state index contributed by atoms with van der Waals surface area (Å²) in [5, 5.41) is 1.80. The Morgan fingerprint density at radius 1 is 1.07 bits per heavy atom. The van der Waals surface area contributed by atoms with Crippen molar-refractivity contribution in [2.24, 2.45) is 5.84 Å². The summed E-state index contributed by atoms with van der Waals surface area (Å²) in [6.07, 6.45) is 1.08. The second-order valence-corrected chi connectivity index (χ2v) is 3.69. The van der Waals surface area contributed by atoms with E-state index in [0.717, 1.165) is 25.2 Å². The van der Waals surface area contributed by atoms with E-state index in [-0.39, 0.29) is 0 Å². The first kappa shape index (κ1) is 11.0. The van der Waals surface area contributed by atoms with E-state index in [1.165, 1.54) is 0 Å². The summed E-state index contributed by atoms with van der Waals surface area (Å²) in [5.41, 5.74) is 1.08. The lowest BCUT2D eigenvalue weighted by molar-refractivity contribution is 0.400. The van der Waals surface area contributed by atoms with Crippen LogP contribution < -0.4 is 10.9 Å². The van der Waals surface area contributed by atoms with Crippen LogP contribution in [0.5, 0.6) is 0 Å². The molecule has 0 amide bonds. The van der Waals surface area contributed by atoms with Crippen molar-refractivity contribution in [2.45, 2.75) is 6.42 Å². The lowest BCUT2D eigenvalue weighted by Gasteiger charge is -2.19. The smallest absolute Gasteiger partial charge is 0.0517 e. The maximum Gasteiger partial charge on any atom is 0.0517 e. The summed E-state index contributed by atoms with van der Waals surface area (Å²) < 4.78 is 0. The molecule has 0 bridgehead atoms. The Bertz CT molecular complexity index is 246. The molecule has 3 nitrogen and oxygen atoms in total. The highest BCUT2D eigenvalue weighted by Crippen LogP contribution is 2.08. The quantitative estimate of drug-likeness (QED) is 0.565. The molecule has 14 heavy (non-hydrogen) atoms. The highest BCUT2D eigenvalue weighted by molar-refractivity contribution is 5.43. The first-order valence-electron chi connectivity index (χ1n) is 4.92. The second-order valence-electron chi connectivity index (χ2n) is 3.69. The number of rotatable bonds is 5. The predicted molar refractivity (Wildman–Crippen MR) is 61.1 cm³/mol. The molecule has 0 radical (unpaired) electrons. The minimum absolute atomic E-state index is 0.891. The molecule has 3 heteroatoms. The molecule has 0 unspecified atom stereocenters. The summed E-state index contributed by atoms with van der Waals surface area (Å²) in [7, 11) is 4.15. The molecule has 0 saturated heterocycles. The first-order valence-corrected chi connectivity index (χ1v) is 4.92. The molecule has 0 atom stereocenters. The average Bonchev–Trinajstić information content (AvgIpc) is 2.18. The third-order valence-corrected chi connectivity index (χ3v) is 2.09. The van der Waals surface area contributed by atoms with E-state index in [1.807, 2.05) is 30.3 Å². The molecule has 0 spiro atoms. The van der Waals surface area contributed by atoms with Gasteiger partial charge in [0.1, 0.15) is 0 Å². The van der Waals surface area contributed by atoms with Gasteiger partial charge in [-0.25, -0.2) is 5.84 Å². The van der Waals surface area contributed by atoms with Gasteiger partial charge in [0, 0.05) is 6.54 Å². The number of benzene rings is 1. The highest BCUT2D eigenvalue weighted by Gasteiger charge is 1.99. The standard InChI is InChI=1S/C11H19N3/c1-13(2)9-6-10-14(12)11-7-4-3-5-8-11/h3-5,7-8H,6,9-10,12H2,1-2H3. The Kier molecular flexibility index (Phi) is 4.43. The van der Waals surface area contributed by atoms with Crippen molar-refractivity contribution in [3.63, 3.8) is 0 Å². The van der Waals surface area contributed by atoms with Gasteiger partial charge >= 0.3 is 0 Å². The molecule has 1 aromatic rings. The van der Waals surface area contributed by atoms with Crippen LogP contribution in [-0.4, -0.2) is 32.1 Å². The number of anilines is 1. The number of nitrogens with two attached hydrogens (primary N) is 1. The largest absolute Gasteiger partial charge is 0.311 e. The molecule has 0 aromatic heterocycles. The number of nitrogens with zero attached hydrogens (tertiary/aromatic N) is 2. The van der Waals surface area contributed by atoms with Crippen LogP contribution in [0.4, 0.5) is 5.69 Å². The molecule has 0 fully saturated rings. The van der Waals surface area contributed by atoms with Gasteiger partial charge in [0.05, 0.1) is 5.69 Å². The van der Waals surface area contributed by atoms with Gasteiger partial charge in [0.2, 0.25) is 0 Å². The van der Waals surface area contributed by atoms with E-state index in [4.69, 9.17) is 5.84 Å². The lowest BCUT2D eigenvalue weighted by Crippen LogP contribution is -2.33. The Morgan fingerprint density at radius 3 is 2.29 bits per heavy atom. The van der Waals surface area contributed by atoms with Crippen molar-refractivity contribution >= 4 is 5.69 Å². The summed E-state index contributed by atoms with van der Waals surface area (Å²) in [6, 6.07) is 10.0. The van der Waals surface area contributed by atoms with Crippen LogP contribution in [-0.2, 0) is 0 Å². The monoisotopic (exact) mass is 193 g/mol. The van der Waals surface area contributed by atoms with Crippen LogP contribution >= 0.6 is 0 Å². The van der Waals surface area contributed by atoms with Crippen LogP contribution in [0, 0.1) is 0 Å². The minimum Gasteiger partial charge on any atom is -0.311 e. The minimum atomic E-state index is 0.891. The predicted octanol–water partition coefficient (Wildman–Crippen LogP) is 1.32. The van der Waals surface area contributed by atoms with Crippen molar-refractivity contribution in [1.82, 2.24) is 4.90 Å². The van der Waals surface area contributed by atoms with Gasteiger partial charge < -0.3 is 9.91 Å². The van der Waals surface area contributed by atoms with Crippen LogP contribution in [0.2, 0.25) is 0 Å². The van der Waals surface area contributed by atoms with Crippen molar-refractivity contribution in [1.29, 1.82) is 0 Å². The molecule has 2 N–H and O–H groups in total. The average molecular weight is 193 g/mol. The fraction of sp³-hybridized carbons (Fsp3) is 0.455. The van der Waals surface area contributed by atoms with Crippen molar-refractivity contribution in [3.8, 4) is 0 Å². The Morgan fingerprint density at radius 2 is 1.71 bits per heavy atom. The van der Waals surface area contributed by atoms with E-state index in [0.29, 0.717) is 0 Å². The lowest BCUT2D eigenvalue weighted by atomic mass is 10.3. The Balaban J connectivity index is 2.32. The molecule has 0 saturated carbocycles. The van der Waals surface area contributed by atoms with Gasteiger partial charge in [-0.05, 0) is 39.2 Å². The van der Waals surface area contributed by atoms with Gasteiger partial charge in [0.25, 0.3) is 0 Å².